The van der Waals surface area contributed by atoms with Crippen LogP contribution < -0.4 is 10.5 Å². The zero-order chi connectivity index (χ0) is 12.1. The Hall–Kier alpha value is -1.94. The maximum Gasteiger partial charge on any atom is 0.153 e. The summed E-state index contributed by atoms with van der Waals surface area (Å²) in [5, 5.41) is 0. The Bertz CT molecular complexity index is 459. The molecule has 0 bridgehead atoms. The molecule has 88 valence electrons. The van der Waals surface area contributed by atoms with Gasteiger partial charge < -0.3 is 10.5 Å². The number of nitrogens with two attached hydrogens (primary N) is 1. The first kappa shape index (κ1) is 11.5. The van der Waals surface area contributed by atoms with Gasteiger partial charge in [-0.2, -0.15) is 0 Å². The molecule has 0 saturated carbocycles. The molecule has 1 aromatic heterocycles. The van der Waals surface area contributed by atoms with Crippen molar-refractivity contribution in [3.8, 4) is 5.75 Å². The molecule has 4 heteroatoms. The summed E-state index contributed by atoms with van der Waals surface area (Å²) < 4.78 is 18.4. The number of nitrogens with zero attached hydrogens (tertiary/aromatic N) is 1. The maximum absolute atomic E-state index is 12.7. The summed E-state index contributed by atoms with van der Waals surface area (Å²) in [7, 11) is 0. The molecule has 2 aromatic rings. The average Bonchev–Trinajstić information content (AvgIpc) is 2.39. The smallest absolute Gasteiger partial charge is 0.153 e. The van der Waals surface area contributed by atoms with E-state index in [9.17, 15) is 4.39 Å². The molecule has 0 aliphatic heterocycles. The van der Waals surface area contributed by atoms with Crippen LogP contribution in [0, 0.1) is 5.82 Å². The van der Waals surface area contributed by atoms with Gasteiger partial charge in [0.25, 0.3) is 0 Å². The molecule has 1 unspecified atom stereocenters. The van der Waals surface area contributed by atoms with Gasteiger partial charge in [-0.05, 0) is 36.4 Å². The molecule has 0 aliphatic rings. The number of rotatable bonds is 4. The summed E-state index contributed by atoms with van der Waals surface area (Å²) in [5.41, 5.74) is 6.41. The molecule has 0 aliphatic carbocycles. The van der Waals surface area contributed by atoms with E-state index in [4.69, 9.17) is 10.5 Å². The zero-order valence-corrected chi connectivity index (χ0v) is 9.21. The average molecular weight is 232 g/mol. The van der Waals surface area contributed by atoms with Gasteiger partial charge in [0.05, 0.1) is 5.69 Å². The lowest BCUT2D eigenvalue weighted by Crippen LogP contribution is -2.19. The van der Waals surface area contributed by atoms with Crippen LogP contribution in [0.2, 0.25) is 0 Å². The van der Waals surface area contributed by atoms with Crippen molar-refractivity contribution in [1.82, 2.24) is 4.98 Å². The molecule has 1 aromatic carbocycles. The van der Waals surface area contributed by atoms with Gasteiger partial charge in [0, 0.05) is 12.7 Å². The first-order valence-corrected chi connectivity index (χ1v) is 5.33. The highest BCUT2D eigenvalue weighted by Crippen LogP contribution is 2.19. The first-order chi connectivity index (χ1) is 8.29. The minimum atomic E-state index is -0.318. The van der Waals surface area contributed by atoms with Gasteiger partial charge >= 0.3 is 0 Å². The number of hydrogen-bond donors (Lipinski definition) is 1. The number of aromatic nitrogens is 1. The Labute approximate surface area is 99.1 Å². The van der Waals surface area contributed by atoms with E-state index < -0.39 is 0 Å². The monoisotopic (exact) mass is 232 g/mol. The lowest BCUT2D eigenvalue weighted by molar-refractivity contribution is 0.209. The lowest BCUT2D eigenvalue weighted by atomic mass is 10.2. The van der Waals surface area contributed by atoms with Crippen LogP contribution in [0.15, 0.2) is 48.7 Å². The van der Waals surface area contributed by atoms with E-state index in [0.717, 1.165) is 5.69 Å². The Balaban J connectivity index is 2.13. The molecule has 1 heterocycles. The van der Waals surface area contributed by atoms with E-state index in [1.807, 2.05) is 18.2 Å². The number of pyridine rings is 1. The van der Waals surface area contributed by atoms with Gasteiger partial charge in [-0.25, -0.2) is 4.39 Å². The fraction of sp³-hybridized carbons (Fsp3) is 0.154. The molecule has 0 saturated heterocycles. The molecular formula is C13H13FN2O. The zero-order valence-electron chi connectivity index (χ0n) is 9.21. The van der Waals surface area contributed by atoms with E-state index in [1.165, 1.54) is 12.1 Å². The van der Waals surface area contributed by atoms with Crippen LogP contribution in [-0.2, 0) is 0 Å². The van der Waals surface area contributed by atoms with Crippen molar-refractivity contribution in [3.05, 3.63) is 60.2 Å². The normalized spacial score (nSPS) is 12.1. The summed E-state index contributed by atoms with van der Waals surface area (Å²) in [6.45, 7) is 0.314. The Morgan fingerprint density at radius 2 is 1.94 bits per heavy atom. The fourth-order valence-corrected chi connectivity index (χ4v) is 1.47. The molecule has 0 radical (unpaired) electrons. The SMILES string of the molecule is NCC(Oc1ccc(F)cc1)c1ccccn1. The van der Waals surface area contributed by atoms with Gasteiger partial charge in [-0.15, -0.1) is 0 Å². The highest BCUT2D eigenvalue weighted by molar-refractivity contribution is 5.23. The summed E-state index contributed by atoms with van der Waals surface area (Å²) in [4.78, 5) is 4.18. The van der Waals surface area contributed by atoms with Gasteiger partial charge in [0.1, 0.15) is 11.6 Å². The van der Waals surface area contributed by atoms with Crippen molar-refractivity contribution in [1.29, 1.82) is 0 Å². The third-order valence-corrected chi connectivity index (χ3v) is 2.32. The second kappa shape index (κ2) is 5.41. The quantitative estimate of drug-likeness (QED) is 0.879. The maximum atomic E-state index is 12.7. The Morgan fingerprint density at radius 1 is 1.18 bits per heavy atom. The van der Waals surface area contributed by atoms with E-state index in [1.54, 1.807) is 18.3 Å². The molecule has 0 fully saturated rings. The van der Waals surface area contributed by atoms with Gasteiger partial charge in [-0.1, -0.05) is 6.07 Å². The molecule has 2 N–H and O–H groups in total. The van der Waals surface area contributed by atoms with Crippen molar-refractivity contribution in [2.45, 2.75) is 6.10 Å². The molecule has 17 heavy (non-hydrogen) atoms. The van der Waals surface area contributed by atoms with Crippen LogP contribution >= 0.6 is 0 Å². The Morgan fingerprint density at radius 3 is 2.53 bits per heavy atom. The van der Waals surface area contributed by atoms with Crippen LogP contribution in [0.1, 0.15) is 11.8 Å². The first-order valence-electron chi connectivity index (χ1n) is 5.33. The number of halogens is 1. The van der Waals surface area contributed by atoms with Crippen LogP contribution in [0.3, 0.4) is 0 Å². The predicted octanol–water partition coefficient (Wildman–Crippen LogP) is 2.30. The molecule has 0 spiro atoms. The van der Waals surface area contributed by atoms with E-state index in [0.29, 0.717) is 12.3 Å². The number of ether oxygens (including phenoxy) is 1. The number of hydrogen-bond acceptors (Lipinski definition) is 3. The van der Waals surface area contributed by atoms with Crippen LogP contribution in [0.5, 0.6) is 5.75 Å². The minimum Gasteiger partial charge on any atom is -0.483 e. The largest absolute Gasteiger partial charge is 0.483 e. The topological polar surface area (TPSA) is 48.1 Å². The standard InChI is InChI=1S/C13H13FN2O/c14-10-4-6-11(7-5-10)17-13(9-15)12-3-1-2-8-16-12/h1-8,13H,9,15H2. The summed E-state index contributed by atoms with van der Waals surface area (Å²) >= 11 is 0. The Kier molecular flexibility index (Phi) is 3.67. The molecule has 3 nitrogen and oxygen atoms in total. The molecule has 2 rings (SSSR count). The van der Waals surface area contributed by atoms with E-state index in [-0.39, 0.29) is 11.9 Å². The number of benzene rings is 1. The second-order valence-corrected chi connectivity index (χ2v) is 3.55. The molecular weight excluding hydrogens is 219 g/mol. The van der Waals surface area contributed by atoms with Crippen molar-refractivity contribution >= 4 is 0 Å². The van der Waals surface area contributed by atoms with Crippen LogP contribution in [0.4, 0.5) is 4.39 Å². The van der Waals surface area contributed by atoms with Gasteiger partial charge in [0.2, 0.25) is 0 Å². The fourth-order valence-electron chi connectivity index (χ4n) is 1.47. The highest BCUT2D eigenvalue weighted by Gasteiger charge is 2.12. The summed E-state index contributed by atoms with van der Waals surface area (Å²) in [5.74, 6) is 0.284. The highest BCUT2D eigenvalue weighted by atomic mass is 19.1. The van der Waals surface area contributed by atoms with Crippen molar-refractivity contribution in [2.24, 2.45) is 5.73 Å². The van der Waals surface area contributed by atoms with Gasteiger partial charge in [-0.3, -0.25) is 4.98 Å². The third-order valence-electron chi connectivity index (χ3n) is 2.32. The minimum absolute atomic E-state index is 0.292. The van der Waals surface area contributed by atoms with Crippen molar-refractivity contribution in [2.75, 3.05) is 6.54 Å². The van der Waals surface area contributed by atoms with Crippen molar-refractivity contribution < 1.29 is 9.13 Å². The molecule has 0 amide bonds. The van der Waals surface area contributed by atoms with Crippen LogP contribution in [-0.4, -0.2) is 11.5 Å². The third kappa shape index (κ3) is 3.01. The van der Waals surface area contributed by atoms with E-state index >= 15 is 0 Å². The molecule has 1 atom stereocenters. The van der Waals surface area contributed by atoms with Crippen LogP contribution in [0.25, 0.3) is 0 Å². The summed E-state index contributed by atoms with van der Waals surface area (Å²) in [6.07, 6.45) is 1.37. The van der Waals surface area contributed by atoms with Gasteiger partial charge in [0.15, 0.2) is 6.10 Å². The second-order valence-electron chi connectivity index (χ2n) is 3.55. The van der Waals surface area contributed by atoms with E-state index in [2.05, 4.69) is 4.98 Å². The lowest BCUT2D eigenvalue weighted by Gasteiger charge is -2.16. The predicted molar refractivity (Wildman–Crippen MR) is 63.1 cm³/mol. The van der Waals surface area contributed by atoms with Crippen molar-refractivity contribution in [3.63, 3.8) is 0 Å². The summed E-state index contributed by atoms with van der Waals surface area (Å²) in [6, 6.07) is 11.4.